The Morgan fingerprint density at radius 3 is 2.29 bits per heavy atom. The third-order valence-electron chi connectivity index (χ3n) is 3.44. The Labute approximate surface area is 137 Å². The molecule has 24 heavy (non-hydrogen) atoms. The molecule has 7 heteroatoms. The molecule has 0 saturated heterocycles. The molecule has 2 aromatic rings. The first-order valence-electron chi connectivity index (χ1n) is 7.18. The number of urea groups is 1. The first kappa shape index (κ1) is 17.8. The number of anilines is 1. The van der Waals surface area contributed by atoms with E-state index < -0.39 is 23.4 Å². The van der Waals surface area contributed by atoms with Crippen molar-refractivity contribution in [2.45, 2.75) is 18.7 Å². The number of alkyl halides is 3. The summed E-state index contributed by atoms with van der Waals surface area (Å²) in [4.78, 5) is 11.8. The Bertz CT molecular complexity index is 700. The number of amides is 2. The van der Waals surface area contributed by atoms with E-state index in [9.17, 15) is 23.1 Å². The Hall–Kier alpha value is -2.54. The number of aliphatic hydroxyl groups is 1. The molecule has 1 atom stereocenters. The number of nitrogens with one attached hydrogen (secondary N) is 2. The average Bonchev–Trinajstić information content (AvgIpc) is 2.53. The van der Waals surface area contributed by atoms with Crippen LogP contribution in [0.1, 0.15) is 18.1 Å². The summed E-state index contributed by atoms with van der Waals surface area (Å²) in [6, 6.07) is 12.4. The Kier molecular flexibility index (Phi) is 5.14. The van der Waals surface area contributed by atoms with Crippen LogP contribution in [0, 0.1) is 0 Å². The lowest BCUT2D eigenvalue weighted by atomic mass is 9.96. The molecule has 0 aliphatic carbocycles. The highest BCUT2D eigenvalue weighted by atomic mass is 19.4. The molecule has 0 spiro atoms. The number of halogens is 3. The van der Waals surface area contributed by atoms with Gasteiger partial charge in [0.15, 0.2) is 0 Å². The minimum Gasteiger partial charge on any atom is -0.384 e. The highest BCUT2D eigenvalue weighted by Crippen LogP contribution is 2.30. The zero-order chi connectivity index (χ0) is 17.8. The summed E-state index contributed by atoms with van der Waals surface area (Å²) >= 11 is 0. The van der Waals surface area contributed by atoms with Gasteiger partial charge in [-0.2, -0.15) is 13.2 Å². The summed E-state index contributed by atoms with van der Waals surface area (Å²) < 4.78 is 37.9. The largest absolute Gasteiger partial charge is 0.416 e. The maximum atomic E-state index is 12.6. The van der Waals surface area contributed by atoms with E-state index in [-0.39, 0.29) is 12.2 Å². The van der Waals surface area contributed by atoms with E-state index in [1.165, 1.54) is 19.1 Å². The zero-order valence-electron chi connectivity index (χ0n) is 12.9. The fourth-order valence-electron chi connectivity index (χ4n) is 2.10. The molecule has 0 unspecified atom stereocenters. The van der Waals surface area contributed by atoms with Crippen LogP contribution >= 0.6 is 0 Å². The smallest absolute Gasteiger partial charge is 0.384 e. The van der Waals surface area contributed by atoms with Crippen molar-refractivity contribution in [3.63, 3.8) is 0 Å². The summed E-state index contributed by atoms with van der Waals surface area (Å²) in [5, 5.41) is 15.1. The van der Waals surface area contributed by atoms with Crippen LogP contribution in [0.15, 0.2) is 54.6 Å². The van der Waals surface area contributed by atoms with Gasteiger partial charge < -0.3 is 15.7 Å². The van der Waals surface area contributed by atoms with E-state index in [2.05, 4.69) is 10.6 Å². The zero-order valence-corrected chi connectivity index (χ0v) is 12.9. The van der Waals surface area contributed by atoms with Crippen LogP contribution in [0.5, 0.6) is 0 Å². The van der Waals surface area contributed by atoms with Gasteiger partial charge in [0.25, 0.3) is 0 Å². The lowest BCUT2D eigenvalue weighted by molar-refractivity contribution is -0.137. The Morgan fingerprint density at radius 1 is 1.04 bits per heavy atom. The summed E-state index contributed by atoms with van der Waals surface area (Å²) in [5.74, 6) is 0. The maximum Gasteiger partial charge on any atom is 0.416 e. The number of carbonyl (C=O) groups excluding carboxylic acids is 1. The average molecular weight is 338 g/mol. The van der Waals surface area contributed by atoms with Gasteiger partial charge in [-0.3, -0.25) is 0 Å². The van der Waals surface area contributed by atoms with Crippen molar-refractivity contribution in [1.29, 1.82) is 0 Å². The second-order valence-electron chi connectivity index (χ2n) is 5.53. The van der Waals surface area contributed by atoms with Crippen molar-refractivity contribution in [2.24, 2.45) is 0 Å². The standard InChI is InChI=1S/C17H17F3N2O2/c1-16(24,12-6-3-2-4-7-12)11-21-15(23)22-14-9-5-8-13(10-14)17(18,19)20/h2-10,24H,11H2,1H3,(H2,21,22,23)/t16-/m0/s1. The predicted molar refractivity (Wildman–Crippen MR) is 84.5 cm³/mol. The van der Waals surface area contributed by atoms with Crippen LogP contribution in [0.4, 0.5) is 23.7 Å². The van der Waals surface area contributed by atoms with Crippen molar-refractivity contribution < 1.29 is 23.1 Å². The summed E-state index contributed by atoms with van der Waals surface area (Å²) in [6.45, 7) is 1.44. The number of hydrogen-bond donors (Lipinski definition) is 3. The molecule has 2 rings (SSSR count). The molecule has 0 heterocycles. The molecular weight excluding hydrogens is 321 g/mol. The van der Waals surface area contributed by atoms with Gasteiger partial charge in [0.2, 0.25) is 0 Å². The molecule has 0 bridgehead atoms. The first-order valence-corrected chi connectivity index (χ1v) is 7.18. The molecular formula is C17H17F3N2O2. The Balaban J connectivity index is 1.97. The molecule has 0 aliphatic heterocycles. The molecule has 0 aliphatic rings. The summed E-state index contributed by atoms with van der Waals surface area (Å²) in [6.07, 6.45) is -4.48. The van der Waals surface area contributed by atoms with E-state index in [0.717, 1.165) is 12.1 Å². The molecule has 0 aromatic heterocycles. The van der Waals surface area contributed by atoms with Crippen molar-refractivity contribution in [2.75, 3.05) is 11.9 Å². The van der Waals surface area contributed by atoms with Crippen LogP contribution in [-0.2, 0) is 11.8 Å². The molecule has 0 radical (unpaired) electrons. The van der Waals surface area contributed by atoms with Gasteiger partial charge >= 0.3 is 12.2 Å². The molecule has 128 valence electrons. The second kappa shape index (κ2) is 6.92. The predicted octanol–water partition coefficient (Wildman–Crippen LogP) is 3.73. The van der Waals surface area contributed by atoms with E-state index in [1.54, 1.807) is 30.3 Å². The summed E-state index contributed by atoms with van der Waals surface area (Å²) in [5.41, 5.74) is -1.52. The van der Waals surface area contributed by atoms with E-state index in [4.69, 9.17) is 0 Å². The highest BCUT2D eigenvalue weighted by molar-refractivity contribution is 5.89. The van der Waals surface area contributed by atoms with Gasteiger partial charge in [-0.15, -0.1) is 0 Å². The SMILES string of the molecule is C[C@](O)(CNC(=O)Nc1cccc(C(F)(F)F)c1)c1ccccc1. The van der Waals surface area contributed by atoms with Crippen LogP contribution in [0.25, 0.3) is 0 Å². The quantitative estimate of drug-likeness (QED) is 0.795. The number of rotatable bonds is 4. The van der Waals surface area contributed by atoms with Gasteiger partial charge in [-0.05, 0) is 30.7 Å². The van der Waals surface area contributed by atoms with Gasteiger partial charge in [-0.1, -0.05) is 36.4 Å². The lowest BCUT2D eigenvalue weighted by Gasteiger charge is -2.24. The van der Waals surface area contributed by atoms with Crippen LogP contribution in [-0.4, -0.2) is 17.7 Å². The lowest BCUT2D eigenvalue weighted by Crippen LogP contribution is -2.40. The molecule has 0 fully saturated rings. The normalized spacial score (nSPS) is 13.9. The topological polar surface area (TPSA) is 61.4 Å². The minimum absolute atomic E-state index is 0.0154. The fourth-order valence-corrected chi connectivity index (χ4v) is 2.10. The highest BCUT2D eigenvalue weighted by Gasteiger charge is 2.30. The van der Waals surface area contributed by atoms with Crippen LogP contribution in [0.2, 0.25) is 0 Å². The van der Waals surface area contributed by atoms with Gasteiger partial charge in [0, 0.05) is 5.69 Å². The molecule has 0 saturated carbocycles. The van der Waals surface area contributed by atoms with Crippen molar-refractivity contribution in [1.82, 2.24) is 5.32 Å². The maximum absolute atomic E-state index is 12.6. The van der Waals surface area contributed by atoms with Crippen LogP contribution in [0.3, 0.4) is 0 Å². The third-order valence-corrected chi connectivity index (χ3v) is 3.44. The fraction of sp³-hybridized carbons (Fsp3) is 0.235. The molecule has 4 nitrogen and oxygen atoms in total. The third kappa shape index (κ3) is 4.73. The number of hydrogen-bond acceptors (Lipinski definition) is 2. The van der Waals surface area contributed by atoms with Gasteiger partial charge in [-0.25, -0.2) is 4.79 Å². The van der Waals surface area contributed by atoms with E-state index in [0.29, 0.717) is 5.56 Å². The van der Waals surface area contributed by atoms with E-state index in [1.807, 2.05) is 0 Å². The number of benzene rings is 2. The first-order chi connectivity index (χ1) is 11.2. The summed E-state index contributed by atoms with van der Waals surface area (Å²) in [7, 11) is 0. The molecule has 2 aromatic carbocycles. The van der Waals surface area contributed by atoms with Crippen molar-refractivity contribution >= 4 is 11.7 Å². The Morgan fingerprint density at radius 2 is 1.67 bits per heavy atom. The van der Waals surface area contributed by atoms with Crippen molar-refractivity contribution in [3.05, 3.63) is 65.7 Å². The van der Waals surface area contributed by atoms with Crippen molar-refractivity contribution in [3.8, 4) is 0 Å². The molecule has 3 N–H and O–H groups in total. The van der Waals surface area contributed by atoms with Gasteiger partial charge in [0.05, 0.1) is 12.1 Å². The monoisotopic (exact) mass is 338 g/mol. The number of carbonyl (C=O) groups is 1. The second-order valence-corrected chi connectivity index (χ2v) is 5.53. The van der Waals surface area contributed by atoms with E-state index >= 15 is 0 Å². The van der Waals surface area contributed by atoms with Gasteiger partial charge in [0.1, 0.15) is 5.60 Å². The van der Waals surface area contributed by atoms with Crippen LogP contribution < -0.4 is 10.6 Å². The minimum atomic E-state index is -4.48. The molecule has 2 amide bonds.